The van der Waals surface area contributed by atoms with Crippen LogP contribution in [0.15, 0.2) is 55.1 Å². The van der Waals surface area contributed by atoms with Crippen LogP contribution in [0.4, 0.5) is 0 Å². The first-order valence-electron chi connectivity index (χ1n) is 8.07. The van der Waals surface area contributed by atoms with Crippen LogP contribution in [0.5, 0.6) is 0 Å². The highest BCUT2D eigenvalue weighted by Gasteiger charge is 2.22. The van der Waals surface area contributed by atoms with Crippen LogP contribution in [-0.4, -0.2) is 38.1 Å². The van der Waals surface area contributed by atoms with Crippen molar-refractivity contribution < 1.29 is 9.53 Å². The number of imidazole rings is 1. The molecule has 1 aliphatic heterocycles. The van der Waals surface area contributed by atoms with Crippen LogP contribution in [0.1, 0.15) is 16.3 Å². The molecule has 3 aromatic rings. The Kier molecular flexibility index (Phi) is 4.22. The highest BCUT2D eigenvalue weighted by atomic mass is 16.5. The van der Waals surface area contributed by atoms with E-state index >= 15 is 0 Å². The van der Waals surface area contributed by atoms with E-state index in [1.165, 1.54) is 18.6 Å². The molecule has 0 fully saturated rings. The number of carbonyl (C=O) groups is 1. The number of nitrogens with one attached hydrogen (secondary N) is 1. The molecule has 0 unspecified atom stereocenters. The molecule has 0 saturated carbocycles. The van der Waals surface area contributed by atoms with Crippen LogP contribution >= 0.6 is 0 Å². The van der Waals surface area contributed by atoms with E-state index in [0.717, 1.165) is 17.1 Å². The van der Waals surface area contributed by atoms with Gasteiger partial charge in [0.15, 0.2) is 0 Å². The van der Waals surface area contributed by atoms with Crippen LogP contribution in [0, 0.1) is 0 Å². The van der Waals surface area contributed by atoms with Gasteiger partial charge >= 0.3 is 0 Å². The van der Waals surface area contributed by atoms with E-state index in [9.17, 15) is 4.79 Å². The maximum absolute atomic E-state index is 12.0. The van der Waals surface area contributed by atoms with Crippen molar-refractivity contribution >= 4 is 5.91 Å². The lowest BCUT2D eigenvalue weighted by molar-refractivity contribution is 0.00324. The number of hydrogen-bond donors (Lipinski definition) is 1. The topological polar surface area (TPSA) is 81.9 Å². The number of amides is 1. The number of hydrogen-bond acceptors (Lipinski definition) is 5. The van der Waals surface area contributed by atoms with Gasteiger partial charge in [-0.3, -0.25) is 9.78 Å². The minimum absolute atomic E-state index is 0.106. The van der Waals surface area contributed by atoms with Crippen molar-refractivity contribution in [1.29, 1.82) is 0 Å². The number of aromatic nitrogens is 4. The summed E-state index contributed by atoms with van der Waals surface area (Å²) in [6, 6.07) is 10.0. The molecule has 7 heteroatoms. The van der Waals surface area contributed by atoms with Crippen LogP contribution in [0.25, 0.3) is 11.3 Å². The molecule has 1 amide bonds. The van der Waals surface area contributed by atoms with E-state index in [1.807, 2.05) is 36.5 Å². The Morgan fingerprint density at radius 3 is 2.96 bits per heavy atom. The third-order valence-electron chi connectivity index (χ3n) is 4.06. The molecule has 0 bridgehead atoms. The van der Waals surface area contributed by atoms with E-state index in [2.05, 4.69) is 24.8 Å². The van der Waals surface area contributed by atoms with E-state index in [4.69, 9.17) is 4.74 Å². The zero-order valence-electron chi connectivity index (χ0n) is 13.5. The molecule has 1 atom stereocenters. The maximum Gasteiger partial charge on any atom is 0.271 e. The van der Waals surface area contributed by atoms with Gasteiger partial charge in [-0.25, -0.2) is 9.97 Å². The normalized spacial score (nSPS) is 16.2. The van der Waals surface area contributed by atoms with E-state index in [-0.39, 0.29) is 12.0 Å². The monoisotopic (exact) mass is 335 g/mol. The minimum atomic E-state index is -0.252. The van der Waals surface area contributed by atoms with Gasteiger partial charge in [-0.15, -0.1) is 0 Å². The van der Waals surface area contributed by atoms with Crippen molar-refractivity contribution in [3.05, 3.63) is 66.6 Å². The SMILES string of the molecule is O=C(NC[C@H]1Cn2cc(-c3ccccc3)nc2CO1)c1cnccn1. The molecule has 7 nitrogen and oxygen atoms in total. The Morgan fingerprint density at radius 2 is 2.16 bits per heavy atom. The predicted octanol–water partition coefficient (Wildman–Crippen LogP) is 1.67. The highest BCUT2D eigenvalue weighted by Crippen LogP contribution is 2.21. The molecular weight excluding hydrogens is 318 g/mol. The molecule has 25 heavy (non-hydrogen) atoms. The molecular formula is C18H17N5O2. The summed E-state index contributed by atoms with van der Waals surface area (Å²) in [7, 11) is 0. The minimum Gasteiger partial charge on any atom is -0.367 e. The average Bonchev–Trinajstić information content (AvgIpc) is 3.11. The molecule has 1 aromatic carbocycles. The summed E-state index contributed by atoms with van der Waals surface area (Å²) < 4.78 is 7.89. The Labute approximate surface area is 144 Å². The Bertz CT molecular complexity index is 864. The summed E-state index contributed by atoms with van der Waals surface area (Å²) in [5, 5.41) is 2.84. The Balaban J connectivity index is 1.40. The second-order valence-electron chi connectivity index (χ2n) is 5.79. The largest absolute Gasteiger partial charge is 0.367 e. The number of fused-ring (bicyclic) bond motifs is 1. The summed E-state index contributed by atoms with van der Waals surface area (Å²) in [5.74, 6) is 0.647. The van der Waals surface area contributed by atoms with Crippen molar-refractivity contribution in [3.8, 4) is 11.3 Å². The second-order valence-corrected chi connectivity index (χ2v) is 5.79. The van der Waals surface area contributed by atoms with Crippen molar-refractivity contribution in [1.82, 2.24) is 24.8 Å². The van der Waals surface area contributed by atoms with Gasteiger partial charge in [0.25, 0.3) is 5.91 Å². The summed E-state index contributed by atoms with van der Waals surface area (Å²) in [6.07, 6.45) is 6.40. The van der Waals surface area contributed by atoms with Gasteiger partial charge in [-0.05, 0) is 0 Å². The third kappa shape index (κ3) is 3.41. The van der Waals surface area contributed by atoms with Crippen LogP contribution < -0.4 is 5.32 Å². The third-order valence-corrected chi connectivity index (χ3v) is 4.06. The number of benzene rings is 1. The predicted molar refractivity (Wildman–Crippen MR) is 90.6 cm³/mol. The summed E-state index contributed by atoms with van der Waals surface area (Å²) in [6.45, 7) is 1.49. The molecule has 3 heterocycles. The molecule has 1 aliphatic rings. The van der Waals surface area contributed by atoms with Gasteiger partial charge in [0, 0.05) is 30.7 Å². The van der Waals surface area contributed by atoms with E-state index < -0.39 is 0 Å². The fraction of sp³-hybridized carbons (Fsp3) is 0.222. The Morgan fingerprint density at radius 1 is 1.28 bits per heavy atom. The first-order chi connectivity index (χ1) is 12.3. The lowest BCUT2D eigenvalue weighted by Crippen LogP contribution is -2.38. The van der Waals surface area contributed by atoms with Gasteiger partial charge in [-0.1, -0.05) is 30.3 Å². The molecule has 1 N–H and O–H groups in total. The van der Waals surface area contributed by atoms with Gasteiger partial charge in [0.05, 0.1) is 24.5 Å². The molecule has 126 valence electrons. The first kappa shape index (κ1) is 15.5. The zero-order chi connectivity index (χ0) is 17.1. The van der Waals surface area contributed by atoms with Gasteiger partial charge < -0.3 is 14.6 Å². The quantitative estimate of drug-likeness (QED) is 0.784. The molecule has 0 aliphatic carbocycles. The maximum atomic E-state index is 12.0. The number of rotatable bonds is 4. The van der Waals surface area contributed by atoms with Gasteiger partial charge in [0.2, 0.25) is 0 Å². The number of carbonyl (C=O) groups excluding carboxylic acids is 1. The van der Waals surface area contributed by atoms with Gasteiger partial charge in [0.1, 0.15) is 18.1 Å². The van der Waals surface area contributed by atoms with E-state index in [1.54, 1.807) is 0 Å². The summed E-state index contributed by atoms with van der Waals surface area (Å²) in [4.78, 5) is 24.5. The zero-order valence-corrected chi connectivity index (χ0v) is 13.5. The molecule has 0 saturated heterocycles. The smallest absolute Gasteiger partial charge is 0.271 e. The summed E-state index contributed by atoms with van der Waals surface area (Å²) >= 11 is 0. The molecule has 4 rings (SSSR count). The van der Waals surface area contributed by atoms with Crippen LogP contribution in [0.3, 0.4) is 0 Å². The van der Waals surface area contributed by atoms with Crippen LogP contribution in [-0.2, 0) is 17.9 Å². The fourth-order valence-electron chi connectivity index (χ4n) is 2.78. The van der Waals surface area contributed by atoms with E-state index in [0.29, 0.717) is 25.4 Å². The second kappa shape index (κ2) is 6.82. The lowest BCUT2D eigenvalue weighted by Gasteiger charge is -2.24. The standard InChI is InChI=1S/C18H17N5O2/c24-18(15-9-19-6-7-20-15)21-8-14-10-23-11-16(22-17(23)12-25-14)13-4-2-1-3-5-13/h1-7,9,11,14H,8,10,12H2,(H,21,24)/t14-/m0/s1. The summed E-state index contributed by atoms with van der Waals surface area (Å²) in [5.41, 5.74) is 2.31. The van der Waals surface area contributed by atoms with Gasteiger partial charge in [-0.2, -0.15) is 0 Å². The lowest BCUT2D eigenvalue weighted by atomic mass is 10.2. The average molecular weight is 335 g/mol. The fourth-order valence-corrected chi connectivity index (χ4v) is 2.78. The number of ether oxygens (including phenoxy) is 1. The molecule has 2 aromatic heterocycles. The van der Waals surface area contributed by atoms with Crippen molar-refractivity contribution in [3.63, 3.8) is 0 Å². The first-order valence-corrected chi connectivity index (χ1v) is 8.07. The number of nitrogens with zero attached hydrogens (tertiary/aromatic N) is 4. The van der Waals surface area contributed by atoms with Crippen molar-refractivity contribution in [2.75, 3.05) is 6.54 Å². The Hall–Kier alpha value is -3.06. The van der Waals surface area contributed by atoms with Crippen molar-refractivity contribution in [2.24, 2.45) is 0 Å². The van der Waals surface area contributed by atoms with Crippen molar-refractivity contribution in [2.45, 2.75) is 19.3 Å². The molecule has 0 spiro atoms. The highest BCUT2D eigenvalue weighted by molar-refractivity contribution is 5.91. The molecule has 0 radical (unpaired) electrons. The van der Waals surface area contributed by atoms with Crippen LogP contribution in [0.2, 0.25) is 0 Å².